The smallest absolute Gasteiger partial charge is 0.293 e. The van der Waals surface area contributed by atoms with Crippen molar-refractivity contribution >= 4 is 34.7 Å². The second-order valence-corrected chi connectivity index (χ2v) is 8.31. The largest absolute Gasteiger partial charge is 0.493 e. The van der Waals surface area contributed by atoms with Crippen LogP contribution in [-0.4, -0.2) is 41.2 Å². The van der Waals surface area contributed by atoms with E-state index in [1.807, 2.05) is 6.07 Å². The van der Waals surface area contributed by atoms with Crippen molar-refractivity contribution in [2.45, 2.75) is 6.92 Å². The number of furan rings is 1. The monoisotopic (exact) mass is 480 g/mol. The molecule has 3 aromatic rings. The van der Waals surface area contributed by atoms with Crippen molar-refractivity contribution in [3.05, 3.63) is 80.9 Å². The van der Waals surface area contributed by atoms with Crippen LogP contribution in [0.5, 0.6) is 11.5 Å². The molecule has 0 radical (unpaired) electrons. The van der Waals surface area contributed by atoms with Gasteiger partial charge in [-0.25, -0.2) is 0 Å². The van der Waals surface area contributed by atoms with Gasteiger partial charge in [0.1, 0.15) is 18.1 Å². The Balaban J connectivity index is 1.46. The molecule has 0 aliphatic carbocycles. The zero-order valence-corrected chi connectivity index (χ0v) is 19.2. The molecule has 1 fully saturated rings. The number of ether oxygens (including phenoxy) is 2. The van der Waals surface area contributed by atoms with E-state index in [4.69, 9.17) is 13.9 Å². The number of hydrogen-bond donors (Lipinski definition) is 0. The van der Waals surface area contributed by atoms with Gasteiger partial charge in [0.2, 0.25) is 0 Å². The zero-order valence-electron chi connectivity index (χ0n) is 18.3. The molecule has 1 saturated heterocycles. The molecular weight excluding hydrogens is 460 g/mol. The summed E-state index contributed by atoms with van der Waals surface area (Å²) in [5, 5.41) is 11.0. The Kier molecular flexibility index (Phi) is 6.69. The van der Waals surface area contributed by atoms with E-state index in [2.05, 4.69) is 0 Å². The number of nitro groups is 1. The number of aryl methyl sites for hydroxylation is 1. The third-order valence-corrected chi connectivity index (χ3v) is 5.94. The van der Waals surface area contributed by atoms with Gasteiger partial charge in [0.25, 0.3) is 16.8 Å². The lowest BCUT2D eigenvalue weighted by Crippen LogP contribution is -2.32. The van der Waals surface area contributed by atoms with Crippen molar-refractivity contribution in [2.75, 3.05) is 20.3 Å². The number of thioether (sulfide) groups is 1. The number of nitrogens with zero attached hydrogens (tertiary/aromatic N) is 2. The van der Waals surface area contributed by atoms with Gasteiger partial charge >= 0.3 is 0 Å². The average Bonchev–Trinajstić information content (AvgIpc) is 3.39. The fourth-order valence-electron chi connectivity index (χ4n) is 3.38. The lowest BCUT2D eigenvalue weighted by atomic mass is 10.1. The molecule has 0 N–H and O–H groups in total. The molecule has 9 nitrogen and oxygen atoms in total. The van der Waals surface area contributed by atoms with E-state index in [-0.39, 0.29) is 23.7 Å². The van der Waals surface area contributed by atoms with E-state index in [0.29, 0.717) is 28.6 Å². The summed E-state index contributed by atoms with van der Waals surface area (Å²) in [6.07, 6.45) is 1.45. The van der Waals surface area contributed by atoms with Gasteiger partial charge in [0, 0.05) is 12.1 Å². The molecule has 2 heterocycles. The van der Waals surface area contributed by atoms with E-state index < -0.39 is 16.1 Å². The molecule has 1 aromatic heterocycles. The number of methoxy groups -OCH3 is 1. The van der Waals surface area contributed by atoms with E-state index >= 15 is 0 Å². The molecule has 2 aromatic carbocycles. The minimum atomic E-state index is -0.469. The summed E-state index contributed by atoms with van der Waals surface area (Å²) in [6, 6.07) is 15.1. The van der Waals surface area contributed by atoms with Crippen molar-refractivity contribution in [1.29, 1.82) is 0 Å². The summed E-state index contributed by atoms with van der Waals surface area (Å²) < 4.78 is 16.6. The maximum absolute atomic E-state index is 12.7. The Hall–Kier alpha value is -4.05. The molecule has 0 spiro atoms. The topological polar surface area (TPSA) is 112 Å². The third-order valence-electron chi connectivity index (χ3n) is 5.03. The molecule has 34 heavy (non-hydrogen) atoms. The van der Waals surface area contributed by atoms with Gasteiger partial charge in [0.15, 0.2) is 11.5 Å². The van der Waals surface area contributed by atoms with Gasteiger partial charge in [0.05, 0.1) is 29.0 Å². The number of benzene rings is 2. The molecule has 0 bridgehead atoms. The van der Waals surface area contributed by atoms with Gasteiger partial charge < -0.3 is 13.9 Å². The van der Waals surface area contributed by atoms with Crippen LogP contribution in [0.4, 0.5) is 10.5 Å². The molecule has 2 amide bonds. The predicted octanol–water partition coefficient (Wildman–Crippen LogP) is 5.29. The van der Waals surface area contributed by atoms with Crippen LogP contribution in [0.1, 0.15) is 11.3 Å². The molecule has 174 valence electrons. The van der Waals surface area contributed by atoms with Crippen LogP contribution in [-0.2, 0) is 4.79 Å². The van der Waals surface area contributed by atoms with Crippen molar-refractivity contribution in [3.8, 4) is 22.8 Å². The number of rotatable bonds is 8. The first-order chi connectivity index (χ1) is 16.4. The molecule has 1 aliphatic rings. The van der Waals surface area contributed by atoms with Crippen LogP contribution in [0.2, 0.25) is 0 Å². The van der Waals surface area contributed by atoms with Crippen molar-refractivity contribution < 1.29 is 28.4 Å². The van der Waals surface area contributed by atoms with Crippen LogP contribution in [0, 0.1) is 17.0 Å². The van der Waals surface area contributed by atoms with E-state index in [0.717, 1.165) is 22.2 Å². The van der Waals surface area contributed by atoms with Gasteiger partial charge in [-0.15, -0.1) is 0 Å². The van der Waals surface area contributed by atoms with Gasteiger partial charge in [-0.3, -0.25) is 24.6 Å². The van der Waals surface area contributed by atoms with Crippen molar-refractivity contribution in [3.63, 3.8) is 0 Å². The summed E-state index contributed by atoms with van der Waals surface area (Å²) in [4.78, 5) is 37.3. The van der Waals surface area contributed by atoms with Crippen molar-refractivity contribution in [2.24, 2.45) is 0 Å². The van der Waals surface area contributed by atoms with Crippen LogP contribution < -0.4 is 9.47 Å². The summed E-state index contributed by atoms with van der Waals surface area (Å²) in [7, 11) is 1.53. The number of para-hydroxylation sites is 2. The Morgan fingerprint density at radius 3 is 2.62 bits per heavy atom. The lowest BCUT2D eigenvalue weighted by Gasteiger charge is -2.14. The van der Waals surface area contributed by atoms with Crippen LogP contribution in [0.25, 0.3) is 17.4 Å². The summed E-state index contributed by atoms with van der Waals surface area (Å²) >= 11 is 0.796. The van der Waals surface area contributed by atoms with Crippen molar-refractivity contribution in [1.82, 2.24) is 4.90 Å². The highest BCUT2D eigenvalue weighted by Gasteiger charge is 2.35. The minimum absolute atomic E-state index is 0.0685. The molecule has 10 heteroatoms. The highest BCUT2D eigenvalue weighted by molar-refractivity contribution is 8.18. The number of carbonyl (C=O) groups is 2. The van der Waals surface area contributed by atoms with E-state index in [9.17, 15) is 19.7 Å². The zero-order chi connectivity index (χ0) is 24.2. The highest BCUT2D eigenvalue weighted by Crippen LogP contribution is 2.35. The first kappa shape index (κ1) is 23.1. The molecule has 0 saturated carbocycles. The maximum Gasteiger partial charge on any atom is 0.293 e. The fourth-order valence-corrected chi connectivity index (χ4v) is 4.23. The first-order valence-corrected chi connectivity index (χ1v) is 11.1. The highest BCUT2D eigenvalue weighted by atomic mass is 32.2. The Morgan fingerprint density at radius 2 is 1.88 bits per heavy atom. The molecular formula is C24H20N2O7S. The molecule has 0 atom stereocenters. The SMILES string of the molecule is COc1ccccc1OCCN1C(=O)S/C(=C\c2ccc(-c3ccc(C)cc3[N+](=O)[O-])o2)C1=O. The number of imide groups is 1. The summed E-state index contributed by atoms with van der Waals surface area (Å²) in [5.41, 5.74) is 1.01. The summed E-state index contributed by atoms with van der Waals surface area (Å²) in [6.45, 7) is 1.94. The van der Waals surface area contributed by atoms with Crippen LogP contribution >= 0.6 is 11.8 Å². The predicted molar refractivity (Wildman–Crippen MR) is 127 cm³/mol. The Bertz CT molecular complexity index is 1300. The number of carbonyl (C=O) groups excluding carboxylic acids is 2. The van der Waals surface area contributed by atoms with Crippen LogP contribution in [0.3, 0.4) is 0 Å². The second-order valence-electron chi connectivity index (χ2n) is 7.31. The number of nitro benzene ring substituents is 1. The fraction of sp³-hybridized carbons (Fsp3) is 0.167. The number of hydrogen-bond acceptors (Lipinski definition) is 8. The third kappa shape index (κ3) is 4.81. The molecule has 0 unspecified atom stereocenters. The van der Waals surface area contributed by atoms with Crippen LogP contribution in [0.15, 0.2) is 63.9 Å². The second kappa shape index (κ2) is 9.84. The Labute approximate surface area is 199 Å². The maximum atomic E-state index is 12.7. The molecule has 1 aliphatic heterocycles. The summed E-state index contributed by atoms with van der Waals surface area (Å²) in [5.74, 6) is 1.21. The standard InChI is InChI=1S/C24H20N2O7S/c1-15-7-9-17(18(13-15)26(29)30)19-10-8-16(33-19)14-22-23(27)25(24(28)34-22)11-12-32-21-6-4-3-5-20(21)31-2/h3-10,13-14H,11-12H2,1-2H3/b22-14-. The van der Waals surface area contributed by atoms with E-state index in [1.54, 1.807) is 49.4 Å². The Morgan fingerprint density at radius 1 is 1.12 bits per heavy atom. The van der Waals surface area contributed by atoms with E-state index in [1.165, 1.54) is 19.3 Å². The number of amides is 2. The van der Waals surface area contributed by atoms with Gasteiger partial charge in [-0.05, 0) is 54.6 Å². The normalized spacial score (nSPS) is 14.6. The molecule has 4 rings (SSSR count). The average molecular weight is 480 g/mol. The lowest BCUT2D eigenvalue weighted by molar-refractivity contribution is -0.384. The quantitative estimate of drug-likeness (QED) is 0.243. The van der Waals surface area contributed by atoms with Gasteiger partial charge in [-0.2, -0.15) is 0 Å². The minimum Gasteiger partial charge on any atom is -0.493 e. The first-order valence-electron chi connectivity index (χ1n) is 10.2. The van der Waals surface area contributed by atoms with Gasteiger partial charge in [-0.1, -0.05) is 18.2 Å².